The second-order valence-electron chi connectivity index (χ2n) is 2.87. The standard InChI is InChI=1S/C10H14O4/c1-13-8-4-3-7(6-10(11)12)5-9(8)14-2/h3-5,10-12H,6H2,1-2H3. The number of ether oxygens (including phenoxy) is 2. The van der Waals surface area contributed by atoms with Gasteiger partial charge in [-0.2, -0.15) is 0 Å². The van der Waals surface area contributed by atoms with E-state index >= 15 is 0 Å². The van der Waals surface area contributed by atoms with Gasteiger partial charge in [-0.15, -0.1) is 0 Å². The first kappa shape index (κ1) is 10.8. The van der Waals surface area contributed by atoms with Crippen LogP contribution in [0.4, 0.5) is 0 Å². The molecule has 0 aliphatic heterocycles. The highest BCUT2D eigenvalue weighted by Gasteiger charge is 2.06. The number of aliphatic hydroxyl groups excluding tert-OH is 1. The first-order valence-corrected chi connectivity index (χ1v) is 4.24. The van der Waals surface area contributed by atoms with Crippen molar-refractivity contribution >= 4 is 0 Å². The summed E-state index contributed by atoms with van der Waals surface area (Å²) in [5, 5.41) is 17.6. The van der Waals surface area contributed by atoms with E-state index in [4.69, 9.17) is 19.7 Å². The molecule has 1 aromatic carbocycles. The summed E-state index contributed by atoms with van der Waals surface area (Å²) in [5.41, 5.74) is 0.789. The molecule has 4 nitrogen and oxygen atoms in total. The fourth-order valence-corrected chi connectivity index (χ4v) is 1.22. The van der Waals surface area contributed by atoms with Crippen LogP contribution in [0.3, 0.4) is 0 Å². The van der Waals surface area contributed by atoms with Crippen molar-refractivity contribution in [3.63, 3.8) is 0 Å². The molecular formula is C10H14O4. The van der Waals surface area contributed by atoms with Gasteiger partial charge in [0, 0.05) is 6.42 Å². The molecule has 0 amide bonds. The Balaban J connectivity index is 2.89. The zero-order valence-electron chi connectivity index (χ0n) is 8.23. The third-order valence-corrected chi connectivity index (χ3v) is 1.87. The summed E-state index contributed by atoms with van der Waals surface area (Å²) in [4.78, 5) is 0. The minimum Gasteiger partial charge on any atom is -0.493 e. The highest BCUT2D eigenvalue weighted by molar-refractivity contribution is 5.42. The largest absolute Gasteiger partial charge is 0.493 e. The molecule has 0 aromatic heterocycles. The molecule has 1 rings (SSSR count). The molecule has 0 saturated carbocycles. The minimum atomic E-state index is -1.34. The van der Waals surface area contributed by atoms with Crippen LogP contribution in [-0.4, -0.2) is 30.7 Å². The van der Waals surface area contributed by atoms with Gasteiger partial charge in [-0.1, -0.05) is 6.07 Å². The van der Waals surface area contributed by atoms with Crippen molar-refractivity contribution in [2.75, 3.05) is 14.2 Å². The SMILES string of the molecule is COc1ccc(CC(O)O)cc1OC. The fourth-order valence-electron chi connectivity index (χ4n) is 1.22. The number of methoxy groups -OCH3 is 2. The molecule has 4 heteroatoms. The van der Waals surface area contributed by atoms with Crippen LogP contribution in [-0.2, 0) is 6.42 Å². The second-order valence-corrected chi connectivity index (χ2v) is 2.87. The maximum absolute atomic E-state index is 8.78. The molecule has 0 radical (unpaired) electrons. The summed E-state index contributed by atoms with van der Waals surface area (Å²) in [6.07, 6.45) is -1.16. The Bertz CT molecular complexity index is 296. The topological polar surface area (TPSA) is 58.9 Å². The van der Waals surface area contributed by atoms with E-state index in [1.54, 1.807) is 25.3 Å². The molecule has 0 aliphatic rings. The average Bonchev–Trinajstić information content (AvgIpc) is 2.16. The van der Waals surface area contributed by atoms with E-state index in [9.17, 15) is 0 Å². The third-order valence-electron chi connectivity index (χ3n) is 1.87. The minimum absolute atomic E-state index is 0.181. The Morgan fingerprint density at radius 1 is 1.14 bits per heavy atom. The van der Waals surface area contributed by atoms with Crippen molar-refractivity contribution in [1.82, 2.24) is 0 Å². The fraction of sp³-hybridized carbons (Fsp3) is 0.400. The van der Waals surface area contributed by atoms with Crippen LogP contribution in [0, 0.1) is 0 Å². The van der Waals surface area contributed by atoms with Gasteiger partial charge in [-0.3, -0.25) is 0 Å². The van der Waals surface area contributed by atoms with Gasteiger partial charge in [0.15, 0.2) is 17.8 Å². The van der Waals surface area contributed by atoms with Gasteiger partial charge in [0.1, 0.15) is 0 Å². The van der Waals surface area contributed by atoms with Crippen molar-refractivity contribution in [2.45, 2.75) is 12.7 Å². The molecule has 2 N–H and O–H groups in total. The van der Waals surface area contributed by atoms with Crippen LogP contribution in [0.1, 0.15) is 5.56 Å². The molecule has 78 valence electrons. The molecule has 0 saturated heterocycles. The Morgan fingerprint density at radius 2 is 1.79 bits per heavy atom. The van der Waals surface area contributed by atoms with Gasteiger partial charge >= 0.3 is 0 Å². The first-order valence-electron chi connectivity index (χ1n) is 4.24. The molecule has 0 fully saturated rings. The number of rotatable bonds is 4. The zero-order valence-corrected chi connectivity index (χ0v) is 8.23. The molecule has 1 aromatic rings. The number of benzene rings is 1. The van der Waals surface area contributed by atoms with Gasteiger partial charge in [0.05, 0.1) is 14.2 Å². The van der Waals surface area contributed by atoms with E-state index in [2.05, 4.69) is 0 Å². The van der Waals surface area contributed by atoms with E-state index in [1.807, 2.05) is 0 Å². The van der Waals surface area contributed by atoms with E-state index in [1.165, 1.54) is 7.11 Å². The van der Waals surface area contributed by atoms with Crippen LogP contribution in [0.25, 0.3) is 0 Å². The molecule has 0 atom stereocenters. The lowest BCUT2D eigenvalue weighted by Gasteiger charge is -2.09. The highest BCUT2D eigenvalue weighted by atomic mass is 16.5. The van der Waals surface area contributed by atoms with Crippen molar-refractivity contribution in [3.05, 3.63) is 23.8 Å². The lowest BCUT2D eigenvalue weighted by Crippen LogP contribution is -2.08. The van der Waals surface area contributed by atoms with Crippen LogP contribution >= 0.6 is 0 Å². The summed E-state index contributed by atoms with van der Waals surface area (Å²) >= 11 is 0. The van der Waals surface area contributed by atoms with Crippen molar-refractivity contribution in [3.8, 4) is 11.5 Å². The van der Waals surface area contributed by atoms with Crippen LogP contribution in [0.15, 0.2) is 18.2 Å². The second kappa shape index (κ2) is 4.83. The van der Waals surface area contributed by atoms with Crippen LogP contribution in [0.5, 0.6) is 11.5 Å². The van der Waals surface area contributed by atoms with E-state index in [0.29, 0.717) is 11.5 Å². The summed E-state index contributed by atoms with van der Waals surface area (Å²) < 4.78 is 10.1. The lowest BCUT2D eigenvalue weighted by molar-refractivity contribution is -0.0381. The quantitative estimate of drug-likeness (QED) is 0.694. The van der Waals surface area contributed by atoms with Crippen molar-refractivity contribution < 1.29 is 19.7 Å². The smallest absolute Gasteiger partial charge is 0.160 e. The maximum Gasteiger partial charge on any atom is 0.160 e. The maximum atomic E-state index is 8.78. The highest BCUT2D eigenvalue weighted by Crippen LogP contribution is 2.27. The molecule has 0 heterocycles. The summed E-state index contributed by atoms with van der Waals surface area (Å²) in [6, 6.07) is 5.22. The lowest BCUT2D eigenvalue weighted by atomic mass is 10.1. The van der Waals surface area contributed by atoms with E-state index in [-0.39, 0.29) is 6.42 Å². The molecular weight excluding hydrogens is 184 g/mol. The van der Waals surface area contributed by atoms with Crippen LogP contribution in [0.2, 0.25) is 0 Å². The summed E-state index contributed by atoms with van der Waals surface area (Å²) in [5.74, 6) is 1.22. The Morgan fingerprint density at radius 3 is 2.29 bits per heavy atom. The Hall–Kier alpha value is -1.26. The molecule has 0 bridgehead atoms. The van der Waals surface area contributed by atoms with E-state index in [0.717, 1.165) is 5.56 Å². The van der Waals surface area contributed by atoms with Crippen molar-refractivity contribution in [1.29, 1.82) is 0 Å². The van der Waals surface area contributed by atoms with Crippen LogP contribution < -0.4 is 9.47 Å². The third kappa shape index (κ3) is 2.61. The molecule has 14 heavy (non-hydrogen) atoms. The molecule has 0 spiro atoms. The van der Waals surface area contributed by atoms with Gasteiger partial charge in [-0.05, 0) is 17.7 Å². The predicted molar refractivity (Wildman–Crippen MR) is 51.5 cm³/mol. The normalized spacial score (nSPS) is 10.4. The van der Waals surface area contributed by atoms with Gasteiger partial charge in [0.25, 0.3) is 0 Å². The predicted octanol–water partition coefficient (Wildman–Crippen LogP) is 0.557. The summed E-state index contributed by atoms with van der Waals surface area (Å²) in [6.45, 7) is 0. The van der Waals surface area contributed by atoms with Gasteiger partial charge < -0.3 is 19.7 Å². The van der Waals surface area contributed by atoms with Gasteiger partial charge in [-0.25, -0.2) is 0 Å². The monoisotopic (exact) mass is 198 g/mol. The number of hydrogen-bond donors (Lipinski definition) is 2. The average molecular weight is 198 g/mol. The summed E-state index contributed by atoms with van der Waals surface area (Å²) in [7, 11) is 3.09. The molecule has 0 unspecified atom stereocenters. The molecule has 0 aliphatic carbocycles. The number of hydrogen-bond acceptors (Lipinski definition) is 4. The zero-order chi connectivity index (χ0) is 10.6. The van der Waals surface area contributed by atoms with E-state index < -0.39 is 6.29 Å². The Labute approximate surface area is 82.7 Å². The van der Waals surface area contributed by atoms with Crippen molar-refractivity contribution in [2.24, 2.45) is 0 Å². The number of aliphatic hydroxyl groups is 2. The first-order chi connectivity index (χ1) is 6.67. The van der Waals surface area contributed by atoms with Gasteiger partial charge in [0.2, 0.25) is 0 Å². The Kier molecular flexibility index (Phi) is 3.73.